The summed E-state index contributed by atoms with van der Waals surface area (Å²) >= 11 is 0. The minimum Gasteiger partial charge on any atom is -0.481 e. The zero-order valence-electron chi connectivity index (χ0n) is 14.1. The number of amides is 1. The summed E-state index contributed by atoms with van der Waals surface area (Å²) in [7, 11) is 0. The molecular weight excluding hydrogens is 302 g/mol. The van der Waals surface area contributed by atoms with Crippen LogP contribution in [-0.4, -0.2) is 17.0 Å². The highest BCUT2D eigenvalue weighted by Gasteiger charge is 2.12. The van der Waals surface area contributed by atoms with Gasteiger partial charge in [-0.05, 0) is 41.2 Å². The fourth-order valence-electron chi connectivity index (χ4n) is 2.62. The third-order valence-corrected chi connectivity index (χ3v) is 4.01. The third kappa shape index (κ3) is 5.23. The van der Waals surface area contributed by atoms with Gasteiger partial charge in [-0.25, -0.2) is 0 Å². The fourth-order valence-corrected chi connectivity index (χ4v) is 2.62. The Morgan fingerprint density at radius 1 is 1.08 bits per heavy atom. The molecule has 0 fully saturated rings. The van der Waals surface area contributed by atoms with Crippen LogP contribution in [0, 0.1) is 0 Å². The average Bonchev–Trinajstić information content (AvgIpc) is 2.54. The number of carboxylic acid groups (broad SMARTS) is 1. The van der Waals surface area contributed by atoms with Gasteiger partial charge in [-0.15, -0.1) is 0 Å². The van der Waals surface area contributed by atoms with Gasteiger partial charge in [0.1, 0.15) is 0 Å². The maximum absolute atomic E-state index is 12.2. The van der Waals surface area contributed by atoms with Gasteiger partial charge in [0.05, 0.1) is 6.42 Å². The van der Waals surface area contributed by atoms with Gasteiger partial charge < -0.3 is 10.4 Å². The fraction of sp³-hybridized carbons (Fsp3) is 0.300. The Labute approximate surface area is 142 Å². The SMILES string of the molecule is CCc1ccc(C(C)CC(=O)Nc2cccc(CC(=O)O)c2)cc1. The average molecular weight is 325 g/mol. The van der Waals surface area contributed by atoms with Crippen LogP contribution >= 0.6 is 0 Å². The van der Waals surface area contributed by atoms with E-state index in [9.17, 15) is 9.59 Å². The Morgan fingerprint density at radius 2 is 1.79 bits per heavy atom. The number of nitrogens with one attached hydrogen (secondary N) is 1. The number of anilines is 1. The van der Waals surface area contributed by atoms with Gasteiger partial charge in [0.25, 0.3) is 0 Å². The van der Waals surface area contributed by atoms with Crippen molar-refractivity contribution in [3.8, 4) is 0 Å². The van der Waals surface area contributed by atoms with E-state index < -0.39 is 5.97 Å². The topological polar surface area (TPSA) is 66.4 Å². The monoisotopic (exact) mass is 325 g/mol. The highest BCUT2D eigenvalue weighted by molar-refractivity contribution is 5.91. The van der Waals surface area contributed by atoms with Crippen molar-refractivity contribution in [3.63, 3.8) is 0 Å². The maximum Gasteiger partial charge on any atom is 0.307 e. The molecule has 0 aliphatic carbocycles. The van der Waals surface area contributed by atoms with Crippen molar-refractivity contribution in [3.05, 3.63) is 65.2 Å². The molecular formula is C20H23NO3. The van der Waals surface area contributed by atoms with Crippen molar-refractivity contribution < 1.29 is 14.7 Å². The van der Waals surface area contributed by atoms with Crippen LogP contribution in [0.2, 0.25) is 0 Å². The van der Waals surface area contributed by atoms with Crippen LogP contribution in [0.15, 0.2) is 48.5 Å². The lowest BCUT2D eigenvalue weighted by Crippen LogP contribution is -2.14. The van der Waals surface area contributed by atoms with Crippen molar-refractivity contribution in [2.75, 3.05) is 5.32 Å². The molecule has 0 radical (unpaired) electrons. The van der Waals surface area contributed by atoms with E-state index in [1.165, 1.54) is 5.56 Å². The molecule has 4 heteroatoms. The minimum atomic E-state index is -0.886. The van der Waals surface area contributed by atoms with Gasteiger partial charge in [-0.1, -0.05) is 50.2 Å². The van der Waals surface area contributed by atoms with E-state index in [0.717, 1.165) is 12.0 Å². The van der Waals surface area contributed by atoms with E-state index in [1.807, 2.05) is 6.92 Å². The molecule has 0 heterocycles. The highest BCUT2D eigenvalue weighted by Crippen LogP contribution is 2.21. The van der Waals surface area contributed by atoms with Crippen molar-refractivity contribution >= 4 is 17.6 Å². The molecule has 2 N–H and O–H groups in total. The summed E-state index contributed by atoms with van der Waals surface area (Å²) in [6, 6.07) is 15.3. The molecule has 2 aromatic rings. The van der Waals surface area contributed by atoms with Gasteiger partial charge in [0.15, 0.2) is 0 Å². The molecule has 24 heavy (non-hydrogen) atoms. The second kappa shape index (κ2) is 8.29. The molecule has 0 aliphatic heterocycles. The lowest BCUT2D eigenvalue weighted by atomic mass is 9.96. The minimum absolute atomic E-state index is 0.0517. The molecule has 0 saturated heterocycles. The Hall–Kier alpha value is -2.62. The zero-order valence-corrected chi connectivity index (χ0v) is 14.1. The predicted octanol–water partition coefficient (Wildman–Crippen LogP) is 4.01. The number of benzene rings is 2. The molecule has 0 bridgehead atoms. The van der Waals surface area contributed by atoms with Crippen LogP contribution in [0.1, 0.15) is 42.9 Å². The molecule has 1 amide bonds. The Morgan fingerprint density at radius 3 is 2.42 bits per heavy atom. The molecule has 126 valence electrons. The second-order valence-corrected chi connectivity index (χ2v) is 6.02. The molecule has 0 saturated carbocycles. The Bertz CT molecular complexity index is 707. The lowest BCUT2D eigenvalue weighted by Gasteiger charge is -2.13. The molecule has 1 atom stereocenters. The van der Waals surface area contributed by atoms with Crippen LogP contribution in [0.3, 0.4) is 0 Å². The van der Waals surface area contributed by atoms with Crippen LogP contribution in [0.25, 0.3) is 0 Å². The van der Waals surface area contributed by atoms with E-state index in [4.69, 9.17) is 5.11 Å². The molecule has 0 aliphatic rings. The van der Waals surface area contributed by atoms with Gasteiger partial charge in [-0.2, -0.15) is 0 Å². The van der Waals surface area contributed by atoms with E-state index in [-0.39, 0.29) is 18.2 Å². The smallest absolute Gasteiger partial charge is 0.307 e. The first-order valence-corrected chi connectivity index (χ1v) is 8.17. The summed E-state index contributed by atoms with van der Waals surface area (Å²) in [6.07, 6.45) is 1.33. The van der Waals surface area contributed by atoms with Crippen LogP contribution < -0.4 is 5.32 Å². The quantitative estimate of drug-likeness (QED) is 0.808. The van der Waals surface area contributed by atoms with E-state index in [0.29, 0.717) is 17.7 Å². The first-order chi connectivity index (χ1) is 11.5. The maximum atomic E-state index is 12.2. The summed E-state index contributed by atoms with van der Waals surface area (Å²) in [6.45, 7) is 4.14. The largest absolute Gasteiger partial charge is 0.481 e. The predicted molar refractivity (Wildman–Crippen MR) is 95.3 cm³/mol. The van der Waals surface area contributed by atoms with Crippen LogP contribution in [-0.2, 0) is 22.4 Å². The van der Waals surface area contributed by atoms with Crippen LogP contribution in [0.5, 0.6) is 0 Å². The zero-order chi connectivity index (χ0) is 17.5. The summed E-state index contributed by atoms with van der Waals surface area (Å²) < 4.78 is 0. The summed E-state index contributed by atoms with van der Waals surface area (Å²) in [5.74, 6) is -0.838. The van der Waals surface area contributed by atoms with E-state index in [1.54, 1.807) is 24.3 Å². The van der Waals surface area contributed by atoms with Gasteiger partial charge in [0.2, 0.25) is 5.91 Å². The number of rotatable bonds is 7. The van der Waals surface area contributed by atoms with Gasteiger partial charge >= 0.3 is 5.97 Å². The van der Waals surface area contributed by atoms with Crippen molar-refractivity contribution in [1.82, 2.24) is 0 Å². The molecule has 1 unspecified atom stereocenters. The van der Waals surface area contributed by atoms with Crippen molar-refractivity contribution in [2.45, 2.75) is 39.0 Å². The lowest BCUT2D eigenvalue weighted by molar-refractivity contribution is -0.136. The van der Waals surface area contributed by atoms with Gasteiger partial charge in [0, 0.05) is 12.1 Å². The second-order valence-electron chi connectivity index (χ2n) is 6.02. The first-order valence-electron chi connectivity index (χ1n) is 8.17. The van der Waals surface area contributed by atoms with Crippen molar-refractivity contribution in [1.29, 1.82) is 0 Å². The number of aliphatic carboxylic acids is 1. The Balaban J connectivity index is 1.95. The number of carbonyl (C=O) groups excluding carboxylic acids is 1. The first kappa shape index (κ1) is 17.7. The van der Waals surface area contributed by atoms with E-state index >= 15 is 0 Å². The normalized spacial score (nSPS) is 11.8. The van der Waals surface area contributed by atoms with Crippen molar-refractivity contribution in [2.24, 2.45) is 0 Å². The standard InChI is InChI=1S/C20H23NO3/c1-3-15-7-9-17(10-8-15)14(2)11-19(22)21-18-6-4-5-16(12-18)13-20(23)24/h4-10,12,14H,3,11,13H2,1-2H3,(H,21,22)(H,23,24). The molecule has 4 nitrogen and oxygen atoms in total. The number of aryl methyl sites for hydroxylation is 1. The molecule has 2 rings (SSSR count). The third-order valence-electron chi connectivity index (χ3n) is 4.01. The summed E-state index contributed by atoms with van der Waals surface area (Å²) in [5.41, 5.74) is 3.73. The molecule has 2 aromatic carbocycles. The molecule has 0 spiro atoms. The summed E-state index contributed by atoms with van der Waals surface area (Å²) in [5, 5.41) is 11.7. The summed E-state index contributed by atoms with van der Waals surface area (Å²) in [4.78, 5) is 23.0. The van der Waals surface area contributed by atoms with E-state index in [2.05, 4.69) is 36.5 Å². The number of hydrogen-bond acceptors (Lipinski definition) is 2. The molecule has 0 aromatic heterocycles. The van der Waals surface area contributed by atoms with Gasteiger partial charge in [-0.3, -0.25) is 9.59 Å². The number of hydrogen-bond donors (Lipinski definition) is 2. The van der Waals surface area contributed by atoms with Crippen LogP contribution in [0.4, 0.5) is 5.69 Å². The Kier molecular flexibility index (Phi) is 6.13. The highest BCUT2D eigenvalue weighted by atomic mass is 16.4. The number of carboxylic acids is 1. The number of carbonyl (C=O) groups is 2.